The van der Waals surface area contributed by atoms with Gasteiger partial charge in [0, 0.05) is 9.75 Å². The first-order valence-electron chi connectivity index (χ1n) is 4.94. The third-order valence-corrected chi connectivity index (χ3v) is 4.60. The molecule has 0 fully saturated rings. The first kappa shape index (κ1) is 12.4. The lowest BCUT2D eigenvalue weighted by atomic mass is 10.3. The van der Waals surface area contributed by atoms with Crippen molar-refractivity contribution in [3.63, 3.8) is 0 Å². The van der Waals surface area contributed by atoms with E-state index in [4.69, 9.17) is 22.1 Å². The van der Waals surface area contributed by atoms with Gasteiger partial charge in [-0.3, -0.25) is 0 Å². The Labute approximate surface area is 112 Å². The monoisotopic (exact) mass is 287 g/mol. The summed E-state index contributed by atoms with van der Waals surface area (Å²) in [6.45, 7) is 2.11. The third-order valence-electron chi connectivity index (χ3n) is 2.04. The van der Waals surface area contributed by atoms with E-state index in [2.05, 4.69) is 0 Å². The van der Waals surface area contributed by atoms with Gasteiger partial charge in [0.05, 0.1) is 16.6 Å². The van der Waals surface area contributed by atoms with Crippen LogP contribution in [0.15, 0.2) is 18.2 Å². The van der Waals surface area contributed by atoms with Gasteiger partial charge in [-0.15, -0.1) is 22.7 Å². The number of halogens is 1. The molecule has 0 bridgehead atoms. The molecule has 0 aliphatic carbocycles. The molecule has 90 valence electrons. The molecule has 0 amide bonds. The number of ether oxygens (including phenoxy) is 1. The van der Waals surface area contributed by atoms with Crippen molar-refractivity contribution in [3.05, 3.63) is 27.4 Å². The molecule has 0 saturated carbocycles. The van der Waals surface area contributed by atoms with Gasteiger partial charge in [0.1, 0.15) is 4.88 Å². The lowest BCUT2D eigenvalue weighted by molar-refractivity contribution is 0.0533. The summed E-state index contributed by atoms with van der Waals surface area (Å²) in [6.07, 6.45) is 0. The maximum atomic E-state index is 11.6. The highest BCUT2D eigenvalue weighted by molar-refractivity contribution is 7.25. The molecule has 2 rings (SSSR count). The van der Waals surface area contributed by atoms with Gasteiger partial charge in [0.15, 0.2) is 0 Å². The smallest absolute Gasteiger partial charge is 0.350 e. The zero-order valence-corrected chi connectivity index (χ0v) is 11.4. The van der Waals surface area contributed by atoms with Crippen LogP contribution in [0, 0.1) is 0 Å². The summed E-state index contributed by atoms with van der Waals surface area (Å²) in [5, 5.41) is 0. The lowest BCUT2D eigenvalue weighted by Crippen LogP contribution is -2.04. The highest BCUT2D eigenvalue weighted by Gasteiger charge is 2.16. The van der Waals surface area contributed by atoms with Crippen LogP contribution >= 0.6 is 34.3 Å². The van der Waals surface area contributed by atoms with E-state index in [0.717, 1.165) is 9.75 Å². The van der Waals surface area contributed by atoms with Gasteiger partial charge < -0.3 is 10.5 Å². The van der Waals surface area contributed by atoms with Crippen molar-refractivity contribution < 1.29 is 9.53 Å². The van der Waals surface area contributed by atoms with Crippen molar-refractivity contribution in [3.8, 4) is 9.75 Å². The number of nitrogen functional groups attached to an aromatic ring is 1. The lowest BCUT2D eigenvalue weighted by Gasteiger charge is -1.98. The summed E-state index contributed by atoms with van der Waals surface area (Å²) in [7, 11) is 0. The maximum Gasteiger partial charge on any atom is 0.350 e. The average molecular weight is 288 g/mol. The molecule has 0 saturated heterocycles. The topological polar surface area (TPSA) is 52.3 Å². The second-order valence-electron chi connectivity index (χ2n) is 3.22. The van der Waals surface area contributed by atoms with E-state index in [1.54, 1.807) is 13.0 Å². The second kappa shape index (κ2) is 5.08. The van der Waals surface area contributed by atoms with Crippen molar-refractivity contribution in [2.75, 3.05) is 12.3 Å². The summed E-state index contributed by atoms with van der Waals surface area (Å²) in [4.78, 5) is 14.0. The summed E-state index contributed by atoms with van der Waals surface area (Å²) < 4.78 is 5.64. The van der Waals surface area contributed by atoms with Crippen LogP contribution in [0.3, 0.4) is 0 Å². The SMILES string of the molecule is CCOC(=O)c1sc(-c2ccc(Cl)s2)cc1N. The van der Waals surface area contributed by atoms with Crippen LogP contribution in [0.1, 0.15) is 16.6 Å². The van der Waals surface area contributed by atoms with Crippen LogP contribution in [0.4, 0.5) is 5.69 Å². The molecule has 2 heterocycles. The zero-order chi connectivity index (χ0) is 12.4. The van der Waals surface area contributed by atoms with E-state index in [-0.39, 0.29) is 5.97 Å². The van der Waals surface area contributed by atoms with Crippen molar-refractivity contribution in [2.24, 2.45) is 0 Å². The van der Waals surface area contributed by atoms with Crippen LogP contribution in [-0.4, -0.2) is 12.6 Å². The van der Waals surface area contributed by atoms with Crippen LogP contribution in [0.5, 0.6) is 0 Å². The number of carbonyl (C=O) groups is 1. The molecule has 0 unspecified atom stereocenters. The van der Waals surface area contributed by atoms with E-state index in [1.165, 1.54) is 22.7 Å². The van der Waals surface area contributed by atoms with Gasteiger partial charge in [-0.2, -0.15) is 0 Å². The highest BCUT2D eigenvalue weighted by atomic mass is 35.5. The van der Waals surface area contributed by atoms with Gasteiger partial charge in [-0.05, 0) is 25.1 Å². The number of hydrogen-bond acceptors (Lipinski definition) is 5. The summed E-state index contributed by atoms with van der Waals surface area (Å²) in [5.74, 6) is -0.371. The fourth-order valence-electron chi connectivity index (χ4n) is 1.33. The summed E-state index contributed by atoms with van der Waals surface area (Å²) >= 11 is 8.65. The Hall–Kier alpha value is -1.04. The Balaban J connectivity index is 2.33. The number of carbonyl (C=O) groups excluding carboxylic acids is 1. The molecule has 2 N–H and O–H groups in total. The van der Waals surface area contributed by atoms with Crippen molar-refractivity contribution >= 4 is 45.9 Å². The van der Waals surface area contributed by atoms with E-state index < -0.39 is 0 Å². The third kappa shape index (κ3) is 2.62. The molecular weight excluding hydrogens is 278 g/mol. The largest absolute Gasteiger partial charge is 0.462 e. The van der Waals surface area contributed by atoms with E-state index in [9.17, 15) is 4.79 Å². The fraction of sp³-hybridized carbons (Fsp3) is 0.182. The Morgan fingerprint density at radius 3 is 2.76 bits per heavy atom. The van der Waals surface area contributed by atoms with E-state index in [1.807, 2.05) is 12.1 Å². The summed E-state index contributed by atoms with van der Waals surface area (Å²) in [6, 6.07) is 5.51. The Morgan fingerprint density at radius 1 is 1.41 bits per heavy atom. The molecule has 6 heteroatoms. The van der Waals surface area contributed by atoms with Gasteiger partial charge >= 0.3 is 5.97 Å². The van der Waals surface area contributed by atoms with Crippen LogP contribution in [0.2, 0.25) is 4.34 Å². The number of esters is 1. The zero-order valence-electron chi connectivity index (χ0n) is 9.03. The van der Waals surface area contributed by atoms with Gasteiger partial charge in [0.2, 0.25) is 0 Å². The molecule has 0 aliphatic rings. The highest BCUT2D eigenvalue weighted by Crippen LogP contribution is 2.38. The Bertz CT molecular complexity index is 547. The molecule has 2 aromatic rings. The predicted octanol–water partition coefficient (Wildman–Crippen LogP) is 3.89. The number of hydrogen-bond donors (Lipinski definition) is 1. The molecular formula is C11H10ClNO2S2. The van der Waals surface area contributed by atoms with Crippen LogP contribution in [0.25, 0.3) is 9.75 Å². The molecule has 0 spiro atoms. The molecule has 0 radical (unpaired) electrons. The summed E-state index contributed by atoms with van der Waals surface area (Å²) in [5.41, 5.74) is 6.25. The first-order chi connectivity index (χ1) is 8.11. The first-order valence-corrected chi connectivity index (χ1v) is 6.95. The molecule has 0 aliphatic heterocycles. The minimum Gasteiger partial charge on any atom is -0.462 e. The van der Waals surface area contributed by atoms with Crippen molar-refractivity contribution in [1.82, 2.24) is 0 Å². The van der Waals surface area contributed by atoms with Crippen LogP contribution < -0.4 is 5.73 Å². The quantitative estimate of drug-likeness (QED) is 0.871. The Kier molecular flexibility index (Phi) is 3.71. The van der Waals surface area contributed by atoms with Gasteiger partial charge in [-0.25, -0.2) is 4.79 Å². The number of nitrogens with two attached hydrogens (primary N) is 1. The van der Waals surface area contributed by atoms with Crippen LogP contribution in [-0.2, 0) is 4.74 Å². The van der Waals surface area contributed by atoms with Gasteiger partial charge in [-0.1, -0.05) is 11.6 Å². The van der Waals surface area contributed by atoms with E-state index >= 15 is 0 Å². The fourth-order valence-corrected chi connectivity index (χ4v) is 3.43. The number of thiophene rings is 2. The minimum absolute atomic E-state index is 0.344. The van der Waals surface area contributed by atoms with E-state index in [0.29, 0.717) is 21.5 Å². The second-order valence-corrected chi connectivity index (χ2v) is 5.99. The standard InChI is InChI=1S/C11H10ClNO2S2/c1-2-15-11(14)10-6(13)5-8(17-10)7-3-4-9(12)16-7/h3-5H,2,13H2,1H3. The van der Waals surface area contributed by atoms with Gasteiger partial charge in [0.25, 0.3) is 0 Å². The molecule has 0 aromatic carbocycles. The molecule has 17 heavy (non-hydrogen) atoms. The van der Waals surface area contributed by atoms with Crippen molar-refractivity contribution in [1.29, 1.82) is 0 Å². The predicted molar refractivity (Wildman–Crippen MR) is 73.0 cm³/mol. The molecule has 3 nitrogen and oxygen atoms in total. The minimum atomic E-state index is -0.371. The average Bonchev–Trinajstić information content (AvgIpc) is 2.85. The van der Waals surface area contributed by atoms with Crippen molar-refractivity contribution in [2.45, 2.75) is 6.92 Å². The number of rotatable bonds is 3. The molecule has 0 atom stereocenters. The molecule has 2 aromatic heterocycles. The number of anilines is 1. The normalized spacial score (nSPS) is 10.5. The Morgan fingerprint density at radius 2 is 2.18 bits per heavy atom. The maximum absolute atomic E-state index is 11.6.